The fourth-order valence-corrected chi connectivity index (χ4v) is 4.61. The molecular weight excluding hydrogens is 342 g/mol. The van der Waals surface area contributed by atoms with Crippen LogP contribution in [0.2, 0.25) is 0 Å². The van der Waals surface area contributed by atoms with Crippen molar-refractivity contribution in [3.05, 3.63) is 18.1 Å². The number of rotatable bonds is 3. The molecule has 1 N–H and O–H groups in total. The molecule has 3 fully saturated rings. The van der Waals surface area contributed by atoms with Crippen LogP contribution in [0.1, 0.15) is 44.7 Å². The lowest BCUT2D eigenvalue weighted by Crippen LogP contribution is -2.49. The molecule has 1 unspecified atom stereocenters. The number of amides is 2. The van der Waals surface area contributed by atoms with E-state index in [4.69, 9.17) is 4.74 Å². The van der Waals surface area contributed by atoms with Gasteiger partial charge in [-0.05, 0) is 38.5 Å². The van der Waals surface area contributed by atoms with Crippen molar-refractivity contribution in [2.45, 2.75) is 51.5 Å². The molecule has 1 spiro atoms. The number of urea groups is 1. The van der Waals surface area contributed by atoms with Crippen molar-refractivity contribution in [3.63, 3.8) is 0 Å². The molecule has 0 bridgehead atoms. The second-order valence-corrected chi connectivity index (χ2v) is 8.26. The van der Waals surface area contributed by atoms with Crippen molar-refractivity contribution in [2.75, 3.05) is 44.3 Å². The lowest BCUT2D eigenvalue weighted by atomic mass is 9.82. The average Bonchev–Trinajstić information content (AvgIpc) is 3.12. The maximum Gasteiger partial charge on any atom is 0.317 e. The van der Waals surface area contributed by atoms with Gasteiger partial charge in [0.15, 0.2) is 0 Å². The van der Waals surface area contributed by atoms with Crippen LogP contribution in [-0.4, -0.2) is 66.3 Å². The zero-order valence-electron chi connectivity index (χ0n) is 16.3. The summed E-state index contributed by atoms with van der Waals surface area (Å²) in [7, 11) is 0. The number of nitrogens with one attached hydrogen (secondary N) is 1. The van der Waals surface area contributed by atoms with Crippen LogP contribution in [-0.2, 0) is 11.2 Å². The van der Waals surface area contributed by atoms with Crippen LogP contribution in [0.3, 0.4) is 0 Å². The second kappa shape index (κ2) is 8.00. The zero-order valence-corrected chi connectivity index (χ0v) is 16.3. The molecule has 7 nitrogen and oxygen atoms in total. The van der Waals surface area contributed by atoms with E-state index in [2.05, 4.69) is 33.2 Å². The minimum absolute atomic E-state index is 0.103. The van der Waals surface area contributed by atoms with E-state index in [1.807, 2.05) is 4.90 Å². The highest BCUT2D eigenvalue weighted by Gasteiger charge is 2.41. The van der Waals surface area contributed by atoms with Crippen molar-refractivity contribution in [3.8, 4) is 0 Å². The number of carbonyl (C=O) groups is 1. The average molecular weight is 374 g/mol. The van der Waals surface area contributed by atoms with E-state index >= 15 is 0 Å². The molecule has 0 aliphatic carbocycles. The third-order valence-electron chi connectivity index (χ3n) is 6.35. The molecule has 3 aliphatic heterocycles. The highest BCUT2D eigenvalue weighted by molar-refractivity contribution is 5.75. The molecule has 148 valence electrons. The van der Waals surface area contributed by atoms with E-state index in [1.54, 1.807) is 6.33 Å². The molecule has 3 saturated heterocycles. The molecular formula is C20H31N5O2. The fourth-order valence-electron chi connectivity index (χ4n) is 4.61. The van der Waals surface area contributed by atoms with Gasteiger partial charge in [-0.25, -0.2) is 14.8 Å². The van der Waals surface area contributed by atoms with Gasteiger partial charge in [0.2, 0.25) is 0 Å². The Bertz CT molecular complexity index is 654. The molecule has 0 radical (unpaired) electrons. The first kappa shape index (κ1) is 18.5. The maximum absolute atomic E-state index is 12.7. The van der Waals surface area contributed by atoms with Crippen LogP contribution in [0.5, 0.6) is 0 Å². The summed E-state index contributed by atoms with van der Waals surface area (Å²) in [6, 6.07) is 2.43. The molecule has 1 aromatic rings. The van der Waals surface area contributed by atoms with Crippen LogP contribution >= 0.6 is 0 Å². The van der Waals surface area contributed by atoms with Crippen LogP contribution < -0.4 is 10.2 Å². The predicted octanol–water partition coefficient (Wildman–Crippen LogP) is 2.22. The topological polar surface area (TPSA) is 70.6 Å². The molecule has 1 atom stereocenters. The van der Waals surface area contributed by atoms with Gasteiger partial charge in [-0.2, -0.15) is 0 Å². The minimum Gasteiger partial charge on any atom is -0.381 e. The number of ether oxygens (including phenoxy) is 1. The van der Waals surface area contributed by atoms with Gasteiger partial charge in [-0.15, -0.1) is 0 Å². The first-order valence-corrected chi connectivity index (χ1v) is 10.4. The van der Waals surface area contributed by atoms with Crippen LogP contribution in [0.4, 0.5) is 10.6 Å². The molecule has 4 heterocycles. The Kier molecular flexibility index (Phi) is 5.48. The smallest absolute Gasteiger partial charge is 0.317 e. The molecule has 0 saturated carbocycles. The number of aromatic nitrogens is 2. The Morgan fingerprint density at radius 3 is 2.89 bits per heavy atom. The third-order valence-corrected chi connectivity index (χ3v) is 6.35. The first-order valence-electron chi connectivity index (χ1n) is 10.4. The monoisotopic (exact) mass is 373 g/mol. The van der Waals surface area contributed by atoms with Gasteiger partial charge in [-0.3, -0.25) is 0 Å². The summed E-state index contributed by atoms with van der Waals surface area (Å²) in [5.41, 5.74) is 1.29. The number of hydrogen-bond donors (Lipinski definition) is 1. The number of likely N-dealkylation sites (tertiary alicyclic amines) is 1. The van der Waals surface area contributed by atoms with Crippen molar-refractivity contribution in [1.29, 1.82) is 0 Å². The Balaban J connectivity index is 1.26. The van der Waals surface area contributed by atoms with E-state index in [1.165, 1.54) is 6.42 Å². The van der Waals surface area contributed by atoms with Crippen LogP contribution in [0, 0.1) is 5.41 Å². The number of carbonyl (C=O) groups excluding carboxylic acids is 1. The predicted molar refractivity (Wildman–Crippen MR) is 104 cm³/mol. The highest BCUT2D eigenvalue weighted by atomic mass is 16.5. The van der Waals surface area contributed by atoms with Gasteiger partial charge in [0, 0.05) is 56.0 Å². The largest absolute Gasteiger partial charge is 0.381 e. The molecule has 2 amide bonds. The number of hydrogen-bond acceptors (Lipinski definition) is 5. The highest BCUT2D eigenvalue weighted by Crippen LogP contribution is 2.38. The molecule has 1 aromatic heterocycles. The Morgan fingerprint density at radius 2 is 2.15 bits per heavy atom. The molecule has 27 heavy (non-hydrogen) atoms. The van der Waals surface area contributed by atoms with Crippen molar-refractivity contribution >= 4 is 11.8 Å². The Morgan fingerprint density at radius 1 is 1.30 bits per heavy atom. The Labute approximate surface area is 161 Å². The lowest BCUT2D eigenvalue weighted by Gasteiger charge is -2.35. The van der Waals surface area contributed by atoms with Crippen LogP contribution in [0.25, 0.3) is 0 Å². The quantitative estimate of drug-likeness (QED) is 0.880. The van der Waals surface area contributed by atoms with Crippen molar-refractivity contribution in [1.82, 2.24) is 20.2 Å². The van der Waals surface area contributed by atoms with E-state index in [0.717, 1.165) is 83.0 Å². The van der Waals surface area contributed by atoms with E-state index in [9.17, 15) is 4.79 Å². The normalized spacial score (nSPS) is 26.6. The summed E-state index contributed by atoms with van der Waals surface area (Å²) in [5.74, 6) is 1.01. The molecule has 7 heteroatoms. The lowest BCUT2D eigenvalue weighted by molar-refractivity contribution is -0.000486. The summed E-state index contributed by atoms with van der Waals surface area (Å²) >= 11 is 0. The number of aryl methyl sites for hydroxylation is 1. The zero-order chi connectivity index (χ0) is 18.7. The Hall–Kier alpha value is -1.89. The van der Waals surface area contributed by atoms with Gasteiger partial charge >= 0.3 is 6.03 Å². The van der Waals surface area contributed by atoms with Gasteiger partial charge in [0.25, 0.3) is 0 Å². The van der Waals surface area contributed by atoms with Gasteiger partial charge in [-0.1, -0.05) is 6.92 Å². The summed E-state index contributed by atoms with van der Waals surface area (Å²) < 4.78 is 5.68. The van der Waals surface area contributed by atoms with Gasteiger partial charge < -0.3 is 19.9 Å². The number of nitrogens with zero attached hydrogens (tertiary/aromatic N) is 4. The van der Waals surface area contributed by atoms with Crippen molar-refractivity contribution < 1.29 is 9.53 Å². The summed E-state index contributed by atoms with van der Waals surface area (Å²) in [5, 5.41) is 3.26. The SMILES string of the molecule is CCc1cc(N2CCC(NC(=O)N3CCC4(CCCOC4)C3)CC2)ncn1. The van der Waals surface area contributed by atoms with Gasteiger partial charge in [0.1, 0.15) is 12.1 Å². The standard InChI is InChI=1S/C20H31N5O2/c1-2-16-12-18(22-15-21-16)24-8-4-17(5-9-24)23-19(26)25-10-7-20(13-25)6-3-11-27-14-20/h12,15,17H,2-11,13-14H2,1H3,(H,23,26). The number of piperidine rings is 1. The number of anilines is 1. The van der Waals surface area contributed by atoms with E-state index < -0.39 is 0 Å². The fraction of sp³-hybridized carbons (Fsp3) is 0.750. The van der Waals surface area contributed by atoms with E-state index in [0.29, 0.717) is 0 Å². The third kappa shape index (κ3) is 4.18. The van der Waals surface area contributed by atoms with Crippen LogP contribution in [0.15, 0.2) is 12.4 Å². The molecule has 3 aliphatic rings. The minimum atomic E-state index is 0.103. The van der Waals surface area contributed by atoms with E-state index in [-0.39, 0.29) is 17.5 Å². The maximum atomic E-state index is 12.7. The molecule has 4 rings (SSSR count). The summed E-state index contributed by atoms with van der Waals surface area (Å²) in [4.78, 5) is 25.7. The first-order chi connectivity index (χ1) is 13.2. The summed E-state index contributed by atoms with van der Waals surface area (Å²) in [6.07, 6.45) is 7.88. The van der Waals surface area contributed by atoms with Gasteiger partial charge in [0.05, 0.1) is 6.61 Å². The molecule has 0 aromatic carbocycles. The second-order valence-electron chi connectivity index (χ2n) is 8.26. The van der Waals surface area contributed by atoms with Crippen molar-refractivity contribution in [2.24, 2.45) is 5.41 Å². The summed E-state index contributed by atoms with van der Waals surface area (Å²) in [6.45, 7) is 7.33.